The van der Waals surface area contributed by atoms with Gasteiger partial charge >= 0.3 is 0 Å². The molecular formula is C16H11F2N3O3S2. The van der Waals surface area contributed by atoms with E-state index in [2.05, 4.69) is 9.97 Å². The summed E-state index contributed by atoms with van der Waals surface area (Å²) < 4.78 is 53.8. The van der Waals surface area contributed by atoms with Crippen molar-refractivity contribution in [3.63, 3.8) is 0 Å². The predicted molar refractivity (Wildman–Crippen MR) is 91.1 cm³/mol. The number of nitrogens with one attached hydrogen (secondary N) is 1. The average Bonchev–Trinajstić information content (AvgIpc) is 3.07. The van der Waals surface area contributed by atoms with Crippen molar-refractivity contribution in [3.8, 4) is 10.7 Å². The zero-order valence-corrected chi connectivity index (χ0v) is 14.9. The number of rotatable bonds is 4. The Morgan fingerprint density at radius 2 is 1.96 bits per heavy atom. The number of halogens is 2. The summed E-state index contributed by atoms with van der Waals surface area (Å²) in [5.41, 5.74) is 0.219. The van der Waals surface area contributed by atoms with Crippen LogP contribution in [0.5, 0.6) is 0 Å². The molecule has 0 radical (unpaired) electrons. The van der Waals surface area contributed by atoms with Gasteiger partial charge in [-0.2, -0.15) is 0 Å². The van der Waals surface area contributed by atoms with Gasteiger partial charge in [0.05, 0.1) is 0 Å². The van der Waals surface area contributed by atoms with Crippen LogP contribution in [0.1, 0.15) is 16.1 Å². The molecule has 0 atom stereocenters. The van der Waals surface area contributed by atoms with Crippen LogP contribution in [0.3, 0.4) is 0 Å². The lowest BCUT2D eigenvalue weighted by Crippen LogP contribution is -2.31. The summed E-state index contributed by atoms with van der Waals surface area (Å²) in [5, 5.41) is 1.38. The zero-order chi connectivity index (χ0) is 18.9. The molecule has 1 amide bonds. The second-order valence-electron chi connectivity index (χ2n) is 5.24. The van der Waals surface area contributed by atoms with E-state index in [-0.39, 0.29) is 16.4 Å². The second-order valence-corrected chi connectivity index (χ2v) is 7.75. The minimum Gasteiger partial charge on any atom is -0.266 e. The van der Waals surface area contributed by atoms with E-state index >= 15 is 0 Å². The molecule has 0 unspecified atom stereocenters. The third kappa shape index (κ3) is 3.60. The zero-order valence-electron chi connectivity index (χ0n) is 13.2. The van der Waals surface area contributed by atoms with E-state index in [4.69, 9.17) is 0 Å². The van der Waals surface area contributed by atoms with Crippen molar-refractivity contribution in [1.82, 2.24) is 14.7 Å². The first-order valence-corrected chi connectivity index (χ1v) is 9.54. The molecule has 3 rings (SSSR count). The Balaban J connectivity index is 1.87. The number of sulfonamides is 1. The van der Waals surface area contributed by atoms with Gasteiger partial charge in [0, 0.05) is 11.6 Å². The number of hydrogen-bond acceptors (Lipinski definition) is 6. The number of nitrogens with zero attached hydrogens (tertiary/aromatic N) is 2. The highest BCUT2D eigenvalue weighted by atomic mass is 32.2. The van der Waals surface area contributed by atoms with Gasteiger partial charge in [-0.3, -0.25) is 9.78 Å². The molecule has 0 aliphatic heterocycles. The minimum absolute atomic E-state index is 0.0517. The Bertz CT molecular complexity index is 1100. The number of aryl methyl sites for hydroxylation is 1. The Morgan fingerprint density at radius 3 is 2.69 bits per heavy atom. The van der Waals surface area contributed by atoms with Crippen LogP contribution in [0.25, 0.3) is 10.7 Å². The maximum absolute atomic E-state index is 13.8. The van der Waals surface area contributed by atoms with E-state index in [9.17, 15) is 22.0 Å². The van der Waals surface area contributed by atoms with Crippen molar-refractivity contribution < 1.29 is 22.0 Å². The Kier molecular flexibility index (Phi) is 4.79. The number of thiazole rings is 1. The lowest BCUT2D eigenvalue weighted by Gasteiger charge is -2.07. The number of pyridine rings is 1. The number of hydrogen-bond donors (Lipinski definition) is 1. The first-order valence-electron chi connectivity index (χ1n) is 7.17. The van der Waals surface area contributed by atoms with Crippen LogP contribution in [0.15, 0.2) is 46.8 Å². The summed E-state index contributed by atoms with van der Waals surface area (Å²) in [6, 6.07) is 6.11. The molecule has 10 heteroatoms. The Morgan fingerprint density at radius 1 is 1.19 bits per heavy atom. The fourth-order valence-electron chi connectivity index (χ4n) is 2.08. The van der Waals surface area contributed by atoms with Crippen molar-refractivity contribution >= 4 is 27.3 Å². The van der Waals surface area contributed by atoms with Crippen LogP contribution in [-0.4, -0.2) is 24.3 Å². The standard InChI is InChI=1S/C16H11F2N3O3S2/c1-9-4-5-10(17)13(7-9)26(23,24)21-15(22)12-8-25-16(20-12)14-11(18)3-2-6-19-14/h2-8H,1H3,(H,21,22). The van der Waals surface area contributed by atoms with Gasteiger partial charge in [-0.15, -0.1) is 11.3 Å². The number of carbonyl (C=O) groups excluding carboxylic acids is 1. The Hall–Kier alpha value is -2.72. The van der Waals surface area contributed by atoms with Crippen molar-refractivity contribution in [2.45, 2.75) is 11.8 Å². The van der Waals surface area contributed by atoms with Gasteiger partial charge in [-0.25, -0.2) is 26.9 Å². The normalized spacial score (nSPS) is 11.3. The molecule has 0 fully saturated rings. The maximum atomic E-state index is 13.8. The molecule has 0 saturated heterocycles. The molecule has 0 aliphatic rings. The highest BCUT2D eigenvalue weighted by molar-refractivity contribution is 7.90. The molecule has 0 saturated carbocycles. The first kappa shape index (κ1) is 18.1. The largest absolute Gasteiger partial charge is 0.284 e. The van der Waals surface area contributed by atoms with Crippen LogP contribution in [-0.2, 0) is 10.0 Å². The van der Waals surface area contributed by atoms with Crippen LogP contribution in [0, 0.1) is 18.6 Å². The first-order chi connectivity index (χ1) is 12.3. The highest BCUT2D eigenvalue weighted by Gasteiger charge is 2.24. The third-order valence-electron chi connectivity index (χ3n) is 3.30. The third-order valence-corrected chi connectivity index (χ3v) is 5.50. The molecule has 2 heterocycles. The van der Waals surface area contributed by atoms with E-state index in [0.717, 1.165) is 23.5 Å². The quantitative estimate of drug-likeness (QED) is 0.734. The van der Waals surface area contributed by atoms with Crippen LogP contribution >= 0.6 is 11.3 Å². The molecule has 6 nitrogen and oxygen atoms in total. The number of amides is 1. The van der Waals surface area contributed by atoms with Crippen LogP contribution in [0.2, 0.25) is 0 Å². The number of aromatic nitrogens is 2. The van der Waals surface area contributed by atoms with Crippen LogP contribution < -0.4 is 4.72 Å². The molecule has 2 aromatic heterocycles. The summed E-state index contributed by atoms with van der Waals surface area (Å²) in [6.07, 6.45) is 1.37. The van der Waals surface area contributed by atoms with E-state index in [1.807, 2.05) is 0 Å². The number of benzene rings is 1. The fourth-order valence-corrected chi connectivity index (χ4v) is 4.00. The van der Waals surface area contributed by atoms with Gasteiger partial charge in [0.1, 0.15) is 27.1 Å². The van der Waals surface area contributed by atoms with E-state index in [1.165, 1.54) is 29.8 Å². The van der Waals surface area contributed by atoms with Crippen molar-refractivity contribution in [2.24, 2.45) is 0 Å². The van der Waals surface area contributed by atoms with Crippen molar-refractivity contribution in [1.29, 1.82) is 0 Å². The van der Waals surface area contributed by atoms with E-state index in [1.54, 1.807) is 11.6 Å². The van der Waals surface area contributed by atoms with Crippen LogP contribution in [0.4, 0.5) is 8.78 Å². The van der Waals surface area contributed by atoms with Gasteiger partial charge in [0.2, 0.25) is 0 Å². The summed E-state index contributed by atoms with van der Waals surface area (Å²) >= 11 is 0.929. The Labute approximate surface area is 151 Å². The van der Waals surface area contributed by atoms with E-state index < -0.39 is 32.5 Å². The predicted octanol–water partition coefficient (Wildman–Crippen LogP) is 2.91. The molecule has 26 heavy (non-hydrogen) atoms. The average molecular weight is 395 g/mol. The van der Waals surface area contributed by atoms with Gasteiger partial charge in [-0.05, 0) is 36.8 Å². The summed E-state index contributed by atoms with van der Waals surface area (Å²) in [6.45, 7) is 1.59. The minimum atomic E-state index is -4.42. The molecule has 1 aromatic carbocycles. The number of carbonyl (C=O) groups is 1. The molecule has 134 valence electrons. The summed E-state index contributed by atoms with van der Waals surface area (Å²) in [5.74, 6) is -2.65. The maximum Gasteiger partial charge on any atom is 0.284 e. The molecule has 1 N–H and O–H groups in total. The van der Waals surface area contributed by atoms with Crippen molar-refractivity contribution in [3.05, 3.63) is 64.8 Å². The SMILES string of the molecule is Cc1ccc(F)c(S(=O)(=O)NC(=O)c2csc(-c3ncccc3F)n2)c1. The molecule has 0 bridgehead atoms. The monoisotopic (exact) mass is 395 g/mol. The van der Waals surface area contributed by atoms with Gasteiger partial charge in [0.25, 0.3) is 15.9 Å². The fraction of sp³-hybridized carbons (Fsp3) is 0.0625. The van der Waals surface area contributed by atoms with Gasteiger partial charge in [0.15, 0.2) is 5.82 Å². The molecule has 0 spiro atoms. The molecular weight excluding hydrogens is 384 g/mol. The van der Waals surface area contributed by atoms with Gasteiger partial charge < -0.3 is 0 Å². The second kappa shape index (κ2) is 6.89. The lowest BCUT2D eigenvalue weighted by atomic mass is 10.2. The highest BCUT2D eigenvalue weighted by Crippen LogP contribution is 2.24. The van der Waals surface area contributed by atoms with Gasteiger partial charge in [-0.1, -0.05) is 6.07 Å². The lowest BCUT2D eigenvalue weighted by molar-refractivity contribution is 0.0977. The van der Waals surface area contributed by atoms with Crippen molar-refractivity contribution in [2.75, 3.05) is 0 Å². The van der Waals surface area contributed by atoms with E-state index in [0.29, 0.717) is 5.56 Å². The molecule has 0 aliphatic carbocycles. The summed E-state index contributed by atoms with van der Waals surface area (Å²) in [7, 11) is -4.42. The topological polar surface area (TPSA) is 89.0 Å². The molecule has 3 aromatic rings. The smallest absolute Gasteiger partial charge is 0.266 e. The summed E-state index contributed by atoms with van der Waals surface area (Å²) in [4.78, 5) is 19.3.